The number of sulfonamides is 1. The lowest BCUT2D eigenvalue weighted by Gasteiger charge is -2.40. The highest BCUT2D eigenvalue weighted by Crippen LogP contribution is 2.34. The highest BCUT2D eigenvalue weighted by molar-refractivity contribution is 7.89. The molecule has 0 atom stereocenters. The molecule has 0 aromatic heterocycles. The third kappa shape index (κ3) is 3.02. The fourth-order valence-corrected chi connectivity index (χ4v) is 3.29. The number of nitrogen functional groups attached to an aromatic ring is 1. The molecule has 19 heavy (non-hydrogen) atoms. The van der Waals surface area contributed by atoms with Gasteiger partial charge in [0.1, 0.15) is 0 Å². The van der Waals surface area contributed by atoms with Gasteiger partial charge in [0.2, 0.25) is 10.0 Å². The predicted molar refractivity (Wildman–Crippen MR) is 74.6 cm³/mol. The SMILES string of the molecule is COC1(CNS(=O)(=O)c2ccc(Cl)c(N)c2)CCC1. The molecule has 1 aliphatic carbocycles. The Morgan fingerprint density at radius 1 is 1.47 bits per heavy atom. The molecule has 7 heteroatoms. The molecule has 0 heterocycles. The van der Waals surface area contributed by atoms with Gasteiger partial charge < -0.3 is 10.5 Å². The number of halogens is 1. The van der Waals surface area contributed by atoms with Crippen molar-refractivity contribution in [3.05, 3.63) is 23.2 Å². The third-order valence-electron chi connectivity index (χ3n) is 3.56. The zero-order chi connectivity index (χ0) is 14.1. The molecule has 0 radical (unpaired) electrons. The number of hydrogen-bond donors (Lipinski definition) is 2. The average Bonchev–Trinajstić information content (AvgIpc) is 2.31. The molecule has 0 saturated heterocycles. The van der Waals surface area contributed by atoms with Crippen LogP contribution in [0, 0.1) is 0 Å². The Morgan fingerprint density at radius 3 is 2.63 bits per heavy atom. The Kier molecular flexibility index (Phi) is 4.06. The summed E-state index contributed by atoms with van der Waals surface area (Å²) in [6, 6.07) is 4.26. The maximum absolute atomic E-state index is 12.1. The van der Waals surface area contributed by atoms with Crippen LogP contribution in [0.4, 0.5) is 5.69 Å². The molecule has 0 amide bonds. The molecule has 1 aromatic carbocycles. The van der Waals surface area contributed by atoms with Crippen LogP contribution in [0.15, 0.2) is 23.1 Å². The van der Waals surface area contributed by atoms with Crippen LogP contribution in [-0.4, -0.2) is 27.7 Å². The highest BCUT2D eigenvalue weighted by Gasteiger charge is 2.38. The van der Waals surface area contributed by atoms with Gasteiger partial charge in [0, 0.05) is 13.7 Å². The largest absolute Gasteiger partial charge is 0.397 e. The third-order valence-corrected chi connectivity index (χ3v) is 5.30. The Balaban J connectivity index is 2.11. The first kappa shape index (κ1) is 14.6. The second-order valence-corrected chi connectivity index (χ2v) is 6.92. The van der Waals surface area contributed by atoms with Crippen LogP contribution < -0.4 is 10.5 Å². The van der Waals surface area contributed by atoms with Crippen LogP contribution in [0.5, 0.6) is 0 Å². The first-order valence-corrected chi connectivity index (χ1v) is 7.84. The lowest BCUT2D eigenvalue weighted by atomic mass is 9.80. The molecule has 1 saturated carbocycles. The minimum atomic E-state index is -3.59. The molecule has 5 nitrogen and oxygen atoms in total. The second-order valence-electron chi connectivity index (χ2n) is 4.75. The van der Waals surface area contributed by atoms with Gasteiger partial charge in [-0.05, 0) is 37.5 Å². The number of methoxy groups -OCH3 is 1. The number of hydrogen-bond acceptors (Lipinski definition) is 4. The van der Waals surface area contributed by atoms with Gasteiger partial charge in [-0.15, -0.1) is 0 Å². The minimum Gasteiger partial charge on any atom is -0.397 e. The van der Waals surface area contributed by atoms with E-state index in [-0.39, 0.29) is 22.7 Å². The van der Waals surface area contributed by atoms with Crippen molar-refractivity contribution in [2.75, 3.05) is 19.4 Å². The van der Waals surface area contributed by atoms with Crippen LogP contribution in [0.3, 0.4) is 0 Å². The fourth-order valence-electron chi connectivity index (χ4n) is 2.02. The second kappa shape index (κ2) is 5.28. The molecular formula is C12H17ClN2O3S. The zero-order valence-corrected chi connectivity index (χ0v) is 12.2. The van der Waals surface area contributed by atoms with Gasteiger partial charge >= 0.3 is 0 Å². The van der Waals surface area contributed by atoms with E-state index < -0.39 is 10.0 Å². The fraction of sp³-hybridized carbons (Fsp3) is 0.500. The highest BCUT2D eigenvalue weighted by atomic mass is 35.5. The summed E-state index contributed by atoms with van der Waals surface area (Å²) in [6.45, 7) is 0.272. The molecule has 0 spiro atoms. The molecular weight excluding hydrogens is 288 g/mol. The molecule has 0 bridgehead atoms. The number of nitrogens with two attached hydrogens (primary N) is 1. The summed E-state index contributed by atoms with van der Waals surface area (Å²) in [5, 5.41) is 0.339. The number of rotatable bonds is 5. The van der Waals surface area contributed by atoms with Gasteiger partial charge in [0.05, 0.1) is 21.2 Å². The Morgan fingerprint density at radius 2 is 2.16 bits per heavy atom. The quantitative estimate of drug-likeness (QED) is 0.812. The summed E-state index contributed by atoms with van der Waals surface area (Å²) < 4.78 is 32.2. The van der Waals surface area contributed by atoms with E-state index in [0.717, 1.165) is 19.3 Å². The molecule has 1 aromatic rings. The van der Waals surface area contributed by atoms with E-state index >= 15 is 0 Å². The number of ether oxygens (including phenoxy) is 1. The van der Waals surface area contributed by atoms with Gasteiger partial charge in [-0.25, -0.2) is 13.1 Å². The van der Waals surface area contributed by atoms with Crippen molar-refractivity contribution in [3.8, 4) is 0 Å². The van der Waals surface area contributed by atoms with Gasteiger partial charge in [-0.1, -0.05) is 11.6 Å². The van der Waals surface area contributed by atoms with Gasteiger partial charge in [-0.2, -0.15) is 0 Å². The van der Waals surface area contributed by atoms with Crippen LogP contribution in [0.1, 0.15) is 19.3 Å². The van der Waals surface area contributed by atoms with E-state index in [1.54, 1.807) is 7.11 Å². The molecule has 2 rings (SSSR count). The summed E-state index contributed by atoms with van der Waals surface area (Å²) in [5.41, 5.74) is 5.50. The van der Waals surface area contributed by atoms with E-state index in [0.29, 0.717) is 5.02 Å². The maximum atomic E-state index is 12.1. The van der Waals surface area contributed by atoms with Gasteiger partial charge in [0.15, 0.2) is 0 Å². The first-order chi connectivity index (χ1) is 8.88. The molecule has 106 valence electrons. The van der Waals surface area contributed by atoms with Crippen LogP contribution in [-0.2, 0) is 14.8 Å². The van der Waals surface area contributed by atoms with Crippen molar-refractivity contribution >= 4 is 27.3 Å². The zero-order valence-electron chi connectivity index (χ0n) is 10.6. The summed E-state index contributed by atoms with van der Waals surface area (Å²) in [5.74, 6) is 0. The molecule has 3 N–H and O–H groups in total. The van der Waals surface area contributed by atoms with E-state index in [4.69, 9.17) is 22.1 Å². The normalized spacial score (nSPS) is 18.0. The summed E-state index contributed by atoms with van der Waals surface area (Å²) in [6.07, 6.45) is 2.80. The van der Waals surface area contributed by atoms with Gasteiger partial charge in [-0.3, -0.25) is 0 Å². The standard InChI is InChI=1S/C12H17ClN2O3S/c1-18-12(5-2-6-12)8-15-19(16,17)9-3-4-10(13)11(14)7-9/h3-4,7,15H,2,5-6,8,14H2,1H3. The Labute approximate surface area is 118 Å². The number of benzene rings is 1. The summed E-state index contributed by atoms with van der Waals surface area (Å²) in [4.78, 5) is 0.111. The summed E-state index contributed by atoms with van der Waals surface area (Å²) >= 11 is 5.77. The van der Waals surface area contributed by atoms with Crippen molar-refractivity contribution in [1.82, 2.24) is 4.72 Å². The predicted octanol–water partition coefficient (Wildman–Crippen LogP) is 1.77. The molecule has 0 unspecified atom stereocenters. The molecule has 0 aliphatic heterocycles. The van der Waals surface area contributed by atoms with Crippen molar-refractivity contribution in [2.24, 2.45) is 0 Å². The Bertz CT molecular complexity index is 565. The average molecular weight is 305 g/mol. The molecule has 1 aliphatic rings. The van der Waals surface area contributed by atoms with Gasteiger partial charge in [0.25, 0.3) is 0 Å². The van der Waals surface area contributed by atoms with E-state index in [1.807, 2.05) is 0 Å². The molecule has 1 fully saturated rings. The van der Waals surface area contributed by atoms with Crippen molar-refractivity contribution in [2.45, 2.75) is 29.8 Å². The lowest BCUT2D eigenvalue weighted by Crippen LogP contribution is -2.49. The van der Waals surface area contributed by atoms with E-state index in [1.165, 1.54) is 18.2 Å². The first-order valence-electron chi connectivity index (χ1n) is 5.98. The van der Waals surface area contributed by atoms with Crippen LogP contribution >= 0.6 is 11.6 Å². The monoisotopic (exact) mass is 304 g/mol. The van der Waals surface area contributed by atoms with E-state index in [9.17, 15) is 8.42 Å². The summed E-state index contributed by atoms with van der Waals surface area (Å²) in [7, 11) is -1.98. The lowest BCUT2D eigenvalue weighted by molar-refractivity contribution is -0.0659. The number of nitrogens with one attached hydrogen (secondary N) is 1. The number of anilines is 1. The van der Waals surface area contributed by atoms with Crippen molar-refractivity contribution in [1.29, 1.82) is 0 Å². The smallest absolute Gasteiger partial charge is 0.240 e. The topological polar surface area (TPSA) is 81.4 Å². The van der Waals surface area contributed by atoms with Crippen molar-refractivity contribution < 1.29 is 13.2 Å². The van der Waals surface area contributed by atoms with Crippen LogP contribution in [0.2, 0.25) is 5.02 Å². The minimum absolute atomic E-state index is 0.111. The maximum Gasteiger partial charge on any atom is 0.240 e. The van der Waals surface area contributed by atoms with Crippen molar-refractivity contribution in [3.63, 3.8) is 0 Å². The van der Waals surface area contributed by atoms with Crippen LogP contribution in [0.25, 0.3) is 0 Å². The Hall–Kier alpha value is -0.820. The van der Waals surface area contributed by atoms with E-state index in [2.05, 4.69) is 4.72 Å².